The Morgan fingerprint density at radius 3 is 2.70 bits per heavy atom. The normalized spacial score (nSPS) is 31.4. The zero-order valence-electron chi connectivity index (χ0n) is 16.5. The number of piperidine rings is 1. The van der Waals surface area contributed by atoms with E-state index in [1.807, 2.05) is 12.1 Å². The maximum absolute atomic E-state index is 13.1. The topological polar surface area (TPSA) is 33.7 Å². The molecule has 27 heavy (non-hydrogen) atoms. The first-order chi connectivity index (χ1) is 13.2. The Hall–Kier alpha value is -1.01. The van der Waals surface area contributed by atoms with Crippen molar-refractivity contribution < 1.29 is 13.9 Å². The van der Waals surface area contributed by atoms with E-state index in [-0.39, 0.29) is 11.6 Å². The highest BCUT2D eigenvalue weighted by Crippen LogP contribution is 2.39. The molecule has 3 fully saturated rings. The van der Waals surface area contributed by atoms with Gasteiger partial charge in [0, 0.05) is 32.0 Å². The Balaban J connectivity index is 1.35. The number of benzene rings is 1. The van der Waals surface area contributed by atoms with Gasteiger partial charge in [-0.1, -0.05) is 12.1 Å². The molecule has 1 N–H and O–H groups in total. The van der Waals surface area contributed by atoms with Crippen molar-refractivity contribution in [3.63, 3.8) is 0 Å². The van der Waals surface area contributed by atoms with Gasteiger partial charge in [0.2, 0.25) is 0 Å². The first kappa shape index (κ1) is 19.3. The zero-order chi connectivity index (χ0) is 18.7. The minimum absolute atomic E-state index is 0.148. The molecular weight excluding hydrogens is 343 g/mol. The van der Waals surface area contributed by atoms with E-state index < -0.39 is 0 Å². The van der Waals surface area contributed by atoms with Crippen molar-refractivity contribution in [1.29, 1.82) is 0 Å². The summed E-state index contributed by atoms with van der Waals surface area (Å²) in [4.78, 5) is 2.64. The lowest BCUT2D eigenvalue weighted by atomic mass is 9.79. The van der Waals surface area contributed by atoms with Crippen LogP contribution in [0.2, 0.25) is 0 Å². The second-order valence-electron chi connectivity index (χ2n) is 8.60. The minimum atomic E-state index is -0.318. The molecule has 2 aliphatic heterocycles. The predicted molar refractivity (Wildman–Crippen MR) is 104 cm³/mol. The van der Waals surface area contributed by atoms with Gasteiger partial charge in [0.25, 0.3) is 0 Å². The fraction of sp³-hybridized carbons (Fsp3) is 0.727. The Kier molecular flexibility index (Phi) is 6.12. The van der Waals surface area contributed by atoms with Gasteiger partial charge < -0.3 is 19.7 Å². The summed E-state index contributed by atoms with van der Waals surface area (Å²) in [5.41, 5.74) is 1.25. The van der Waals surface area contributed by atoms with Gasteiger partial charge in [0.1, 0.15) is 5.82 Å². The predicted octanol–water partition coefficient (Wildman–Crippen LogP) is 3.21. The van der Waals surface area contributed by atoms with Crippen molar-refractivity contribution >= 4 is 0 Å². The minimum Gasteiger partial charge on any atom is -0.348 e. The molecule has 0 amide bonds. The largest absolute Gasteiger partial charge is 0.348 e. The molecular formula is C22H33FN2O2. The van der Waals surface area contributed by atoms with Crippen LogP contribution in [0.15, 0.2) is 24.3 Å². The van der Waals surface area contributed by atoms with E-state index in [2.05, 4.69) is 17.3 Å². The first-order valence-corrected chi connectivity index (χ1v) is 10.6. The summed E-state index contributed by atoms with van der Waals surface area (Å²) >= 11 is 0. The van der Waals surface area contributed by atoms with Crippen LogP contribution >= 0.6 is 0 Å². The first-order valence-electron chi connectivity index (χ1n) is 10.6. The van der Waals surface area contributed by atoms with Crippen molar-refractivity contribution in [3.8, 4) is 0 Å². The third kappa shape index (κ3) is 4.70. The van der Waals surface area contributed by atoms with Gasteiger partial charge in [-0.15, -0.1) is 0 Å². The highest BCUT2D eigenvalue weighted by Gasteiger charge is 2.45. The molecule has 1 aliphatic carbocycles. The Bertz CT molecular complexity index is 603. The van der Waals surface area contributed by atoms with Crippen molar-refractivity contribution in [2.75, 3.05) is 39.9 Å². The van der Waals surface area contributed by atoms with Crippen molar-refractivity contribution in [2.24, 2.45) is 11.8 Å². The van der Waals surface area contributed by atoms with Crippen LogP contribution in [0, 0.1) is 17.7 Å². The lowest BCUT2D eigenvalue weighted by Crippen LogP contribution is -2.51. The van der Waals surface area contributed by atoms with Gasteiger partial charge in [-0.2, -0.15) is 0 Å². The number of nitrogens with zero attached hydrogens (tertiary/aromatic N) is 1. The van der Waals surface area contributed by atoms with Crippen LogP contribution in [0.4, 0.5) is 4.39 Å². The number of ether oxygens (including phenoxy) is 2. The number of hydrogen-bond donors (Lipinski definition) is 1. The lowest BCUT2D eigenvalue weighted by molar-refractivity contribution is -0.192. The van der Waals surface area contributed by atoms with E-state index in [9.17, 15) is 4.39 Å². The summed E-state index contributed by atoms with van der Waals surface area (Å²) in [6.45, 7) is 4.90. The van der Waals surface area contributed by atoms with Crippen LogP contribution < -0.4 is 5.32 Å². The summed E-state index contributed by atoms with van der Waals surface area (Å²) in [5.74, 6) is 0.756. The molecule has 0 unspecified atom stereocenters. The molecule has 4 rings (SSSR count). The standard InChI is InChI=1S/C22H33FN2O2/c1-24-21-8-9-22(26-11-12-27-22)14-19(21)16-25-10-2-3-18(15-25)13-17-4-6-20(23)7-5-17/h4-7,18-19,21,24H,2-3,8-16H2,1H3/t18-,19-,21+/m0/s1. The molecule has 4 nitrogen and oxygen atoms in total. The van der Waals surface area contributed by atoms with E-state index in [1.54, 1.807) is 12.1 Å². The molecule has 2 heterocycles. The molecule has 0 bridgehead atoms. The summed E-state index contributed by atoms with van der Waals surface area (Å²) in [5, 5.41) is 3.53. The number of halogens is 1. The molecule has 150 valence electrons. The van der Waals surface area contributed by atoms with Crippen LogP contribution in [-0.2, 0) is 15.9 Å². The van der Waals surface area contributed by atoms with Crippen molar-refractivity contribution in [3.05, 3.63) is 35.6 Å². The molecule has 1 saturated carbocycles. The van der Waals surface area contributed by atoms with Crippen LogP contribution in [0.25, 0.3) is 0 Å². The average Bonchev–Trinajstić information content (AvgIpc) is 3.12. The van der Waals surface area contributed by atoms with E-state index in [1.165, 1.54) is 24.9 Å². The second kappa shape index (κ2) is 8.56. The van der Waals surface area contributed by atoms with Gasteiger partial charge in [0.15, 0.2) is 5.79 Å². The van der Waals surface area contributed by atoms with Crippen LogP contribution in [-0.4, -0.2) is 56.6 Å². The van der Waals surface area contributed by atoms with Gasteiger partial charge in [-0.25, -0.2) is 4.39 Å². The maximum atomic E-state index is 13.1. The van der Waals surface area contributed by atoms with Crippen LogP contribution in [0.1, 0.15) is 37.7 Å². The molecule has 1 spiro atoms. The summed E-state index contributed by atoms with van der Waals surface area (Å²) < 4.78 is 25.2. The summed E-state index contributed by atoms with van der Waals surface area (Å²) in [6.07, 6.45) is 6.69. The third-order valence-electron chi connectivity index (χ3n) is 6.70. The molecule has 2 saturated heterocycles. The number of hydrogen-bond acceptors (Lipinski definition) is 4. The lowest BCUT2D eigenvalue weighted by Gasteiger charge is -2.44. The molecule has 0 aromatic heterocycles. The monoisotopic (exact) mass is 376 g/mol. The Labute approximate surface area is 162 Å². The Morgan fingerprint density at radius 2 is 1.96 bits per heavy atom. The fourth-order valence-corrected chi connectivity index (χ4v) is 5.36. The van der Waals surface area contributed by atoms with Gasteiger partial charge >= 0.3 is 0 Å². The average molecular weight is 377 g/mol. The summed E-state index contributed by atoms with van der Waals surface area (Å²) in [6, 6.07) is 7.57. The highest BCUT2D eigenvalue weighted by atomic mass is 19.1. The molecule has 1 aromatic rings. The quantitative estimate of drug-likeness (QED) is 0.856. The molecule has 1 aromatic carbocycles. The molecule has 3 aliphatic rings. The van der Waals surface area contributed by atoms with Gasteiger partial charge in [0.05, 0.1) is 13.2 Å². The number of rotatable bonds is 5. The van der Waals surface area contributed by atoms with Gasteiger partial charge in [-0.3, -0.25) is 0 Å². The van der Waals surface area contributed by atoms with E-state index in [0.717, 1.165) is 52.0 Å². The van der Waals surface area contributed by atoms with Crippen LogP contribution in [0.3, 0.4) is 0 Å². The van der Waals surface area contributed by atoms with Gasteiger partial charge in [-0.05, 0) is 68.8 Å². The smallest absolute Gasteiger partial charge is 0.168 e. The van der Waals surface area contributed by atoms with Crippen molar-refractivity contribution in [2.45, 2.75) is 50.4 Å². The van der Waals surface area contributed by atoms with Crippen LogP contribution in [0.5, 0.6) is 0 Å². The third-order valence-corrected chi connectivity index (χ3v) is 6.70. The molecule has 3 atom stereocenters. The zero-order valence-corrected chi connectivity index (χ0v) is 16.5. The van der Waals surface area contributed by atoms with E-state index in [0.29, 0.717) is 17.9 Å². The molecule has 5 heteroatoms. The van der Waals surface area contributed by atoms with E-state index in [4.69, 9.17) is 9.47 Å². The van der Waals surface area contributed by atoms with E-state index >= 15 is 0 Å². The second-order valence-corrected chi connectivity index (χ2v) is 8.60. The molecule has 0 radical (unpaired) electrons. The maximum Gasteiger partial charge on any atom is 0.168 e. The number of nitrogens with one attached hydrogen (secondary N) is 1. The SMILES string of the molecule is CN[C@@H]1CCC2(C[C@H]1CN1CCC[C@@H](Cc3ccc(F)cc3)C1)OCCO2. The summed E-state index contributed by atoms with van der Waals surface area (Å²) in [7, 11) is 2.08. The highest BCUT2D eigenvalue weighted by molar-refractivity contribution is 5.16. The number of likely N-dealkylation sites (tertiary alicyclic amines) is 1. The fourth-order valence-electron chi connectivity index (χ4n) is 5.36. The van der Waals surface area contributed by atoms with Crippen molar-refractivity contribution in [1.82, 2.24) is 10.2 Å². The Morgan fingerprint density at radius 1 is 1.19 bits per heavy atom.